The molecule has 0 heterocycles. The number of esters is 1. The van der Waals surface area contributed by atoms with Gasteiger partial charge in [0.25, 0.3) is 5.04 Å². The molecule has 26 heavy (non-hydrogen) atoms. The summed E-state index contributed by atoms with van der Waals surface area (Å²) < 4.78 is 30.4. The lowest BCUT2D eigenvalue weighted by Gasteiger charge is -2.10. The first-order valence-corrected chi connectivity index (χ1v) is 9.77. The SMILES string of the molecule is CCOC(=O)C(=NNc1cc(Cl)ccc1C)S(=O)(=O)c1ccc(Cl)cc1. The van der Waals surface area contributed by atoms with E-state index >= 15 is 0 Å². The molecule has 0 saturated carbocycles. The predicted octanol–water partition coefficient (Wildman–Crippen LogP) is 4.06. The Morgan fingerprint density at radius 1 is 1.12 bits per heavy atom. The monoisotopic (exact) mass is 414 g/mol. The van der Waals surface area contributed by atoms with Gasteiger partial charge in [0.2, 0.25) is 9.84 Å². The van der Waals surface area contributed by atoms with Gasteiger partial charge < -0.3 is 4.74 Å². The zero-order chi connectivity index (χ0) is 19.3. The van der Waals surface area contributed by atoms with Crippen LogP contribution in [0.2, 0.25) is 10.0 Å². The van der Waals surface area contributed by atoms with Gasteiger partial charge in [-0.05, 0) is 55.8 Å². The van der Waals surface area contributed by atoms with Gasteiger partial charge in [0.15, 0.2) is 0 Å². The number of halogens is 2. The molecular weight excluding hydrogens is 399 g/mol. The van der Waals surface area contributed by atoms with Crippen LogP contribution in [-0.2, 0) is 19.4 Å². The van der Waals surface area contributed by atoms with E-state index < -0.39 is 20.9 Å². The Kier molecular flexibility index (Phi) is 6.63. The molecule has 0 amide bonds. The van der Waals surface area contributed by atoms with Crippen molar-refractivity contribution in [1.82, 2.24) is 0 Å². The van der Waals surface area contributed by atoms with Crippen LogP contribution < -0.4 is 5.43 Å². The number of benzene rings is 2. The van der Waals surface area contributed by atoms with Crippen molar-refractivity contribution in [3.8, 4) is 0 Å². The van der Waals surface area contributed by atoms with E-state index in [1.807, 2.05) is 0 Å². The molecule has 0 unspecified atom stereocenters. The highest BCUT2D eigenvalue weighted by Crippen LogP contribution is 2.21. The van der Waals surface area contributed by atoms with Crippen molar-refractivity contribution in [2.24, 2.45) is 5.10 Å². The number of hydrogen-bond donors (Lipinski definition) is 1. The molecule has 2 aromatic carbocycles. The van der Waals surface area contributed by atoms with Gasteiger partial charge in [-0.3, -0.25) is 5.43 Å². The molecule has 0 aliphatic heterocycles. The van der Waals surface area contributed by atoms with Gasteiger partial charge in [0.05, 0.1) is 17.2 Å². The summed E-state index contributed by atoms with van der Waals surface area (Å²) in [5, 5.41) is 3.84. The van der Waals surface area contributed by atoms with Crippen LogP contribution in [0.5, 0.6) is 0 Å². The van der Waals surface area contributed by atoms with Crippen molar-refractivity contribution < 1.29 is 17.9 Å². The number of ether oxygens (including phenoxy) is 1. The van der Waals surface area contributed by atoms with Crippen LogP contribution in [0.25, 0.3) is 0 Å². The third-order valence-corrected chi connectivity index (χ3v) is 5.45. The number of carbonyl (C=O) groups is 1. The zero-order valence-electron chi connectivity index (χ0n) is 14.0. The van der Waals surface area contributed by atoms with Gasteiger partial charge in [-0.15, -0.1) is 0 Å². The molecular formula is C17H16Cl2N2O4S. The smallest absolute Gasteiger partial charge is 0.371 e. The van der Waals surface area contributed by atoms with Gasteiger partial charge in [0, 0.05) is 10.0 Å². The van der Waals surface area contributed by atoms with Crippen LogP contribution in [0, 0.1) is 6.92 Å². The predicted molar refractivity (Wildman–Crippen MR) is 103 cm³/mol. The Morgan fingerprint density at radius 3 is 2.35 bits per heavy atom. The maximum atomic E-state index is 12.8. The number of hydrazone groups is 1. The molecule has 0 aliphatic rings. The average molecular weight is 415 g/mol. The van der Waals surface area contributed by atoms with E-state index in [9.17, 15) is 13.2 Å². The molecule has 0 fully saturated rings. The summed E-state index contributed by atoms with van der Waals surface area (Å²) in [6, 6.07) is 10.4. The highest BCUT2D eigenvalue weighted by molar-refractivity contribution is 8.08. The number of anilines is 1. The Bertz CT molecular complexity index is 942. The maximum Gasteiger partial charge on any atom is 0.371 e. The van der Waals surface area contributed by atoms with Crippen LogP contribution in [0.1, 0.15) is 12.5 Å². The number of sulfone groups is 1. The maximum absolute atomic E-state index is 12.8. The lowest BCUT2D eigenvalue weighted by atomic mass is 10.2. The first-order chi connectivity index (χ1) is 12.3. The molecule has 2 rings (SSSR count). The largest absolute Gasteiger partial charge is 0.461 e. The van der Waals surface area contributed by atoms with E-state index in [0.717, 1.165) is 5.56 Å². The van der Waals surface area contributed by atoms with Gasteiger partial charge in [-0.2, -0.15) is 5.10 Å². The quantitative estimate of drug-likeness (QED) is 0.352. The summed E-state index contributed by atoms with van der Waals surface area (Å²) in [5.41, 5.74) is 3.81. The fourth-order valence-electron chi connectivity index (χ4n) is 1.96. The summed E-state index contributed by atoms with van der Waals surface area (Å²) in [4.78, 5) is 12.1. The third-order valence-electron chi connectivity index (χ3n) is 3.31. The second-order valence-electron chi connectivity index (χ2n) is 5.17. The summed E-state index contributed by atoms with van der Waals surface area (Å²) >= 11 is 11.7. The molecule has 138 valence electrons. The van der Waals surface area contributed by atoms with Crippen molar-refractivity contribution in [3.63, 3.8) is 0 Å². The minimum absolute atomic E-state index is 0.00415. The molecule has 0 spiro atoms. The lowest BCUT2D eigenvalue weighted by Crippen LogP contribution is -2.28. The minimum Gasteiger partial charge on any atom is -0.461 e. The molecule has 0 atom stereocenters. The molecule has 6 nitrogen and oxygen atoms in total. The Labute approximate surface area is 161 Å². The standard InChI is InChI=1S/C17H16Cl2N2O4S/c1-3-25-17(22)16(21-20-15-10-13(19)5-4-11(15)2)26(23,24)14-8-6-12(18)7-9-14/h4-10,20H,3H2,1-2H3. The van der Waals surface area contributed by atoms with Crippen molar-refractivity contribution in [2.75, 3.05) is 12.0 Å². The number of carbonyl (C=O) groups excluding carboxylic acids is 1. The number of nitrogens with one attached hydrogen (secondary N) is 1. The molecule has 1 N–H and O–H groups in total. The van der Waals surface area contributed by atoms with Crippen LogP contribution >= 0.6 is 23.2 Å². The Balaban J connectivity index is 2.47. The fourth-order valence-corrected chi connectivity index (χ4v) is 3.42. The first-order valence-electron chi connectivity index (χ1n) is 7.53. The fraction of sp³-hybridized carbons (Fsp3) is 0.176. The first kappa shape index (κ1) is 20.2. The number of nitrogens with zero attached hydrogens (tertiary/aromatic N) is 1. The van der Waals surface area contributed by atoms with Crippen molar-refractivity contribution in [3.05, 3.63) is 58.1 Å². The van der Waals surface area contributed by atoms with Gasteiger partial charge in [-0.1, -0.05) is 29.3 Å². The Morgan fingerprint density at radius 2 is 1.73 bits per heavy atom. The molecule has 2 aromatic rings. The molecule has 0 aliphatic carbocycles. The summed E-state index contributed by atoms with van der Waals surface area (Å²) in [6.07, 6.45) is 0. The van der Waals surface area contributed by atoms with Crippen LogP contribution in [0.3, 0.4) is 0 Å². The van der Waals surface area contributed by atoms with E-state index in [2.05, 4.69) is 10.5 Å². The normalized spacial score (nSPS) is 11.9. The highest BCUT2D eigenvalue weighted by Gasteiger charge is 2.31. The third kappa shape index (κ3) is 4.75. The van der Waals surface area contributed by atoms with E-state index in [1.54, 1.807) is 32.0 Å². The number of rotatable bonds is 4. The van der Waals surface area contributed by atoms with E-state index in [0.29, 0.717) is 15.7 Å². The van der Waals surface area contributed by atoms with Crippen LogP contribution in [-0.4, -0.2) is 26.0 Å². The van der Waals surface area contributed by atoms with Gasteiger partial charge in [0.1, 0.15) is 0 Å². The lowest BCUT2D eigenvalue weighted by molar-refractivity contribution is -0.134. The second-order valence-corrected chi connectivity index (χ2v) is 7.90. The molecule has 0 aromatic heterocycles. The van der Waals surface area contributed by atoms with Gasteiger partial charge >= 0.3 is 5.97 Å². The summed E-state index contributed by atoms with van der Waals surface area (Å²) in [6.45, 7) is 3.36. The zero-order valence-corrected chi connectivity index (χ0v) is 16.3. The number of aryl methyl sites for hydroxylation is 1. The average Bonchev–Trinajstić information content (AvgIpc) is 2.58. The second kappa shape index (κ2) is 8.53. The van der Waals surface area contributed by atoms with Crippen molar-refractivity contribution in [2.45, 2.75) is 18.7 Å². The van der Waals surface area contributed by atoms with Crippen LogP contribution in [0.4, 0.5) is 5.69 Å². The minimum atomic E-state index is -4.21. The summed E-state index contributed by atoms with van der Waals surface area (Å²) in [5.74, 6) is -1.06. The topological polar surface area (TPSA) is 84.8 Å². The van der Waals surface area contributed by atoms with E-state index in [-0.39, 0.29) is 11.5 Å². The van der Waals surface area contributed by atoms with Crippen molar-refractivity contribution in [1.29, 1.82) is 0 Å². The van der Waals surface area contributed by atoms with Gasteiger partial charge in [-0.25, -0.2) is 13.2 Å². The van der Waals surface area contributed by atoms with E-state index in [4.69, 9.17) is 27.9 Å². The van der Waals surface area contributed by atoms with E-state index in [1.165, 1.54) is 24.3 Å². The molecule has 0 bridgehead atoms. The summed E-state index contributed by atoms with van der Waals surface area (Å²) in [7, 11) is -4.21. The highest BCUT2D eigenvalue weighted by atomic mass is 35.5. The van der Waals surface area contributed by atoms with Crippen LogP contribution in [0.15, 0.2) is 52.5 Å². The molecule has 0 radical (unpaired) electrons. The molecule has 0 saturated heterocycles. The van der Waals surface area contributed by atoms with Crippen molar-refractivity contribution >= 4 is 49.7 Å². The Hall–Kier alpha value is -2.09. The number of hydrogen-bond acceptors (Lipinski definition) is 6. The molecule has 9 heteroatoms.